The Morgan fingerprint density at radius 3 is 2.09 bits per heavy atom. The molecule has 2 N–H and O–H groups in total. The molecule has 0 radical (unpaired) electrons. The number of benzene rings is 2. The number of aryl methyl sites for hydroxylation is 1. The Morgan fingerprint density at radius 1 is 0.906 bits per heavy atom. The normalized spacial score (nSPS) is 11.1. The van der Waals surface area contributed by atoms with E-state index in [2.05, 4.69) is 10.9 Å². The van der Waals surface area contributed by atoms with Gasteiger partial charge in [0.1, 0.15) is 5.75 Å². The number of hydrazine groups is 1. The minimum atomic E-state index is -3.84. The lowest BCUT2D eigenvalue weighted by Gasteiger charge is -2.17. The van der Waals surface area contributed by atoms with E-state index in [1.54, 1.807) is 36.4 Å². The topological polar surface area (TPSA) is 122 Å². The first-order valence-corrected chi connectivity index (χ1v) is 11.4. The number of Topliss-reactive ketones (excluding diaryl/α,β-unsaturated/α-hetero) is 1. The van der Waals surface area contributed by atoms with Gasteiger partial charge in [0, 0.05) is 25.5 Å². The Hall–Kier alpha value is -3.24. The maximum atomic E-state index is 12.5. The molecule has 0 aliphatic rings. The summed E-state index contributed by atoms with van der Waals surface area (Å²) in [6.07, 6.45) is -0.179. The van der Waals surface area contributed by atoms with Gasteiger partial charge >= 0.3 is 0 Å². The fourth-order valence-electron chi connectivity index (χ4n) is 2.69. The molecule has 0 aromatic heterocycles. The van der Waals surface area contributed by atoms with Crippen LogP contribution in [0.1, 0.15) is 35.7 Å². The minimum Gasteiger partial charge on any atom is -0.494 e. The molecule has 172 valence electrons. The van der Waals surface area contributed by atoms with Crippen LogP contribution in [0.15, 0.2) is 53.4 Å². The van der Waals surface area contributed by atoms with Crippen molar-refractivity contribution in [1.82, 2.24) is 15.2 Å². The number of nitrogens with one attached hydrogen (secondary N) is 2. The first kappa shape index (κ1) is 25.0. The van der Waals surface area contributed by atoms with E-state index in [4.69, 9.17) is 4.74 Å². The molecular formula is C22H27N3O6S. The maximum Gasteiger partial charge on any atom is 0.253 e. The van der Waals surface area contributed by atoms with Crippen molar-refractivity contribution in [2.24, 2.45) is 0 Å². The zero-order valence-corrected chi connectivity index (χ0v) is 19.1. The zero-order valence-electron chi connectivity index (χ0n) is 18.3. The molecule has 0 saturated heterocycles. The van der Waals surface area contributed by atoms with Gasteiger partial charge in [0.2, 0.25) is 15.9 Å². The number of ether oxygens (including phenoxy) is 1. The number of hydrogen-bond acceptors (Lipinski definition) is 6. The van der Waals surface area contributed by atoms with E-state index >= 15 is 0 Å². The Kier molecular flexibility index (Phi) is 8.91. The Balaban J connectivity index is 1.77. The smallest absolute Gasteiger partial charge is 0.253 e. The van der Waals surface area contributed by atoms with Gasteiger partial charge in [-0.3, -0.25) is 25.2 Å². The summed E-state index contributed by atoms with van der Waals surface area (Å²) >= 11 is 0. The van der Waals surface area contributed by atoms with Crippen molar-refractivity contribution in [3.8, 4) is 5.75 Å². The molecule has 0 bridgehead atoms. The van der Waals surface area contributed by atoms with E-state index in [1.165, 1.54) is 19.2 Å². The molecule has 10 heteroatoms. The van der Waals surface area contributed by atoms with Crippen LogP contribution in [0.3, 0.4) is 0 Å². The predicted molar refractivity (Wildman–Crippen MR) is 118 cm³/mol. The highest BCUT2D eigenvalue weighted by atomic mass is 32.2. The van der Waals surface area contributed by atoms with Crippen LogP contribution in [0.25, 0.3) is 0 Å². The third-order valence-electron chi connectivity index (χ3n) is 4.50. The average Bonchev–Trinajstić information content (AvgIpc) is 2.77. The van der Waals surface area contributed by atoms with Gasteiger partial charge in [0.05, 0.1) is 18.0 Å². The predicted octanol–water partition coefficient (Wildman–Crippen LogP) is 1.82. The van der Waals surface area contributed by atoms with Crippen LogP contribution in [0.2, 0.25) is 0 Å². The molecule has 0 fully saturated rings. The second kappa shape index (κ2) is 11.4. The van der Waals surface area contributed by atoms with Gasteiger partial charge in [-0.1, -0.05) is 17.7 Å². The summed E-state index contributed by atoms with van der Waals surface area (Å²) in [5, 5.41) is 0. The van der Waals surface area contributed by atoms with Gasteiger partial charge in [0.25, 0.3) is 5.91 Å². The number of hydrogen-bond donors (Lipinski definition) is 2. The van der Waals surface area contributed by atoms with Crippen LogP contribution in [-0.2, 0) is 19.6 Å². The fraction of sp³-hybridized carbons (Fsp3) is 0.318. The monoisotopic (exact) mass is 461 g/mol. The summed E-state index contributed by atoms with van der Waals surface area (Å²) < 4.78 is 31.2. The van der Waals surface area contributed by atoms with Gasteiger partial charge in [-0.2, -0.15) is 4.31 Å². The lowest BCUT2D eigenvalue weighted by atomic mass is 10.1. The van der Waals surface area contributed by atoms with E-state index < -0.39 is 28.4 Å². The van der Waals surface area contributed by atoms with Crippen LogP contribution in [0.4, 0.5) is 0 Å². The number of rotatable bonds is 10. The lowest BCUT2D eigenvalue weighted by molar-refractivity contribution is -0.128. The summed E-state index contributed by atoms with van der Waals surface area (Å²) in [6.45, 7) is 3.73. The second-order valence-electron chi connectivity index (χ2n) is 7.05. The number of sulfonamides is 1. The standard InChI is InChI=1S/C22H27N3O6S/c1-4-31-18-9-7-17(8-10-18)20(26)13-14-21(27)23-24-22(28)15-25(3)32(29,30)19-11-5-16(2)6-12-19/h5-12H,4,13-15H2,1-3H3,(H,23,27)(H,24,28). The van der Waals surface area contributed by atoms with Gasteiger partial charge in [-0.25, -0.2) is 8.42 Å². The molecule has 32 heavy (non-hydrogen) atoms. The van der Waals surface area contributed by atoms with E-state index in [9.17, 15) is 22.8 Å². The van der Waals surface area contributed by atoms with Crippen LogP contribution < -0.4 is 15.6 Å². The zero-order chi connectivity index (χ0) is 23.7. The quantitative estimate of drug-likeness (QED) is 0.411. The summed E-state index contributed by atoms with van der Waals surface area (Å²) in [7, 11) is -2.57. The molecule has 0 unspecified atom stereocenters. The summed E-state index contributed by atoms with van der Waals surface area (Å²) in [6, 6.07) is 12.8. The fourth-order valence-corrected chi connectivity index (χ4v) is 3.82. The van der Waals surface area contributed by atoms with Gasteiger partial charge in [-0.05, 0) is 50.2 Å². The molecule has 0 aliphatic carbocycles. The highest BCUT2D eigenvalue weighted by Gasteiger charge is 2.23. The highest BCUT2D eigenvalue weighted by molar-refractivity contribution is 7.89. The molecule has 0 spiro atoms. The van der Waals surface area contributed by atoms with Crippen molar-refractivity contribution in [2.45, 2.75) is 31.6 Å². The van der Waals surface area contributed by atoms with Crippen LogP contribution in [0, 0.1) is 6.92 Å². The number of nitrogens with zero attached hydrogens (tertiary/aromatic N) is 1. The Labute approximate surface area is 187 Å². The first-order chi connectivity index (χ1) is 15.1. The number of likely N-dealkylation sites (N-methyl/N-ethyl adjacent to an activating group) is 1. The van der Waals surface area contributed by atoms with Gasteiger partial charge in [0.15, 0.2) is 5.78 Å². The molecule has 9 nitrogen and oxygen atoms in total. The minimum absolute atomic E-state index is 0.0443. The number of ketones is 1. The van der Waals surface area contributed by atoms with Crippen molar-refractivity contribution in [3.63, 3.8) is 0 Å². The van der Waals surface area contributed by atoms with Crippen molar-refractivity contribution in [2.75, 3.05) is 20.2 Å². The van der Waals surface area contributed by atoms with Crippen LogP contribution >= 0.6 is 0 Å². The number of carbonyl (C=O) groups excluding carboxylic acids is 3. The third-order valence-corrected chi connectivity index (χ3v) is 6.32. The molecular weight excluding hydrogens is 434 g/mol. The molecule has 2 amide bonds. The van der Waals surface area contributed by atoms with Gasteiger partial charge in [-0.15, -0.1) is 0 Å². The molecule has 2 rings (SSSR count). The van der Waals surface area contributed by atoms with Crippen molar-refractivity contribution < 1.29 is 27.5 Å². The molecule has 0 aliphatic heterocycles. The molecule has 2 aromatic carbocycles. The van der Waals surface area contributed by atoms with E-state index in [0.29, 0.717) is 17.9 Å². The number of carbonyl (C=O) groups is 3. The summed E-state index contributed by atoms with van der Waals surface area (Å²) in [5.74, 6) is -0.853. The first-order valence-electron chi connectivity index (χ1n) is 10.00. The van der Waals surface area contributed by atoms with E-state index in [-0.39, 0.29) is 23.5 Å². The summed E-state index contributed by atoms with van der Waals surface area (Å²) in [5.41, 5.74) is 5.71. The molecule has 0 heterocycles. The largest absolute Gasteiger partial charge is 0.494 e. The summed E-state index contributed by atoms with van der Waals surface area (Å²) in [4.78, 5) is 36.2. The third kappa shape index (κ3) is 7.17. The average molecular weight is 462 g/mol. The SMILES string of the molecule is CCOc1ccc(C(=O)CCC(=O)NNC(=O)CN(C)S(=O)(=O)c2ccc(C)cc2)cc1. The van der Waals surface area contributed by atoms with E-state index in [1.807, 2.05) is 13.8 Å². The highest BCUT2D eigenvalue weighted by Crippen LogP contribution is 2.15. The Morgan fingerprint density at radius 2 is 1.50 bits per heavy atom. The van der Waals surface area contributed by atoms with Crippen LogP contribution in [-0.4, -0.2) is 50.5 Å². The van der Waals surface area contributed by atoms with Crippen molar-refractivity contribution >= 4 is 27.6 Å². The van der Waals surface area contributed by atoms with Gasteiger partial charge < -0.3 is 4.74 Å². The lowest BCUT2D eigenvalue weighted by Crippen LogP contribution is -2.46. The Bertz CT molecular complexity index is 1050. The van der Waals surface area contributed by atoms with Crippen molar-refractivity contribution in [3.05, 3.63) is 59.7 Å². The molecule has 0 atom stereocenters. The van der Waals surface area contributed by atoms with Crippen molar-refractivity contribution in [1.29, 1.82) is 0 Å². The molecule has 2 aromatic rings. The molecule has 0 saturated carbocycles. The van der Waals surface area contributed by atoms with E-state index in [0.717, 1.165) is 9.87 Å². The van der Waals surface area contributed by atoms with Crippen LogP contribution in [0.5, 0.6) is 5.75 Å². The second-order valence-corrected chi connectivity index (χ2v) is 9.10. The maximum absolute atomic E-state index is 12.5. The number of amides is 2.